The average Bonchev–Trinajstić information content (AvgIpc) is 3.85. The number of nitrogens with zero attached hydrogens (tertiary/aromatic N) is 1. The Morgan fingerprint density at radius 2 is 0.958 bits per heavy atom. The van der Waals surface area contributed by atoms with Crippen molar-refractivity contribution in [1.82, 2.24) is 0 Å². The zero-order valence-corrected chi connectivity index (χ0v) is 23.9. The monoisotopic (exact) mass is 644 g/mol. The summed E-state index contributed by atoms with van der Waals surface area (Å²) in [5.74, 6) is 0. The van der Waals surface area contributed by atoms with Crippen molar-refractivity contribution in [3.8, 4) is 33.4 Å². The van der Waals surface area contributed by atoms with Gasteiger partial charge in [-0.25, -0.2) is 0 Å². The van der Waals surface area contributed by atoms with Crippen molar-refractivity contribution in [2.24, 2.45) is 0 Å². The third-order valence-corrected chi connectivity index (χ3v) is 7.00. The zero-order valence-electron chi connectivity index (χ0n) is 54.9. The van der Waals surface area contributed by atoms with Gasteiger partial charge in [-0.1, -0.05) is 145 Å². The second-order valence-electron chi connectivity index (χ2n) is 9.77. The van der Waals surface area contributed by atoms with Crippen molar-refractivity contribution < 1.29 is 46.9 Å². The molecule has 0 fully saturated rings. The van der Waals surface area contributed by atoms with Crippen LogP contribution in [0.4, 0.5) is 17.1 Å². The summed E-state index contributed by atoms with van der Waals surface area (Å²) in [6.45, 7) is 0. The molecule has 0 atom stereocenters. The van der Waals surface area contributed by atoms with E-state index in [9.17, 15) is 15.1 Å². The highest BCUT2D eigenvalue weighted by atomic mass is 16.3. The molecule has 1 heterocycles. The molecule has 0 bridgehead atoms. The first-order chi connectivity index (χ1) is 36.7. The molecule has 8 aromatic carbocycles. The van der Waals surface area contributed by atoms with Crippen LogP contribution in [0.1, 0.15) is 42.5 Å². The lowest BCUT2D eigenvalue weighted by Crippen LogP contribution is -2.10. The van der Waals surface area contributed by atoms with Crippen molar-refractivity contribution >= 4 is 49.8 Å². The molecule has 0 radical (unpaired) electrons. The average molecular weight is 645 g/mol. The van der Waals surface area contributed by atoms with E-state index in [1.54, 1.807) is 0 Å². The standard InChI is InChI=1S/C46H31NO/c1-3-11-32(12-4-1)33-23-27-38(28-24-33)47(44-19-10-18-42-41-16-7-8-20-45(41)48-46(42)44)39-29-25-34(26-30-39)37-22-21-36-15-9-17-40(43(36)31-37)35-13-5-2-6-14-35/h1-31H/i1D,2D,3D,4D,5D,6D,7D,8D,9D,10D,11D,12D,13D,14D,15D,16D,17D,18D,19D,20D,21D,22D,23D,24D,25D,26D,27D,28D,29D,30D,31D. The van der Waals surface area contributed by atoms with Gasteiger partial charge in [-0.2, -0.15) is 0 Å². The number of fused-ring (bicyclic) bond motifs is 4. The summed E-state index contributed by atoms with van der Waals surface area (Å²) in [6, 6.07) is -32.0. The third kappa shape index (κ3) is 4.92. The minimum atomic E-state index is -1.31. The van der Waals surface area contributed by atoms with Crippen LogP contribution in [0.15, 0.2) is 192 Å². The summed E-state index contributed by atoms with van der Waals surface area (Å²) >= 11 is 0. The second-order valence-corrected chi connectivity index (χ2v) is 9.77. The Bertz CT molecular complexity index is 4220. The summed E-state index contributed by atoms with van der Waals surface area (Å²) in [5.41, 5.74) is -10.1. The molecule has 0 aliphatic carbocycles. The lowest BCUT2D eigenvalue weighted by atomic mass is 9.95. The first-order valence-corrected chi connectivity index (χ1v) is 13.8. The van der Waals surface area contributed by atoms with Crippen molar-refractivity contribution in [1.29, 1.82) is 0 Å². The lowest BCUT2D eigenvalue weighted by Gasteiger charge is -2.26. The Hall–Kier alpha value is -6.38. The SMILES string of the molecule is [2H]c1c([2H])c([2H])c(-c2c([2H])c([2H])c(N(c3c([2H])c([2H])c(-c4c([2H])c([2H])c5c([2H])c([2H])c([2H])c(-c6c([2H])c([2H])c([2H])c([2H])c6[2H])c5c4[2H])c([2H])c3[2H])c3c([2H])c([2H])c([2H])c4c3oc3c([2H])c([2H])c([2H])c([2H])c34)c([2H])c2[2H])c([2H])c1[2H]. The van der Waals surface area contributed by atoms with Crippen LogP contribution in [-0.2, 0) is 0 Å². The minimum absolute atomic E-state index is 0.377. The van der Waals surface area contributed by atoms with E-state index in [1.807, 2.05) is 0 Å². The highest BCUT2D eigenvalue weighted by Gasteiger charge is 2.19. The number of benzene rings is 8. The number of hydrogen-bond acceptors (Lipinski definition) is 2. The van der Waals surface area contributed by atoms with E-state index in [0.717, 1.165) is 0 Å². The summed E-state index contributed by atoms with van der Waals surface area (Å²) < 4.78 is 281. The van der Waals surface area contributed by atoms with E-state index in [0.29, 0.717) is 4.90 Å². The normalized spacial score (nSPS) is 20.4. The van der Waals surface area contributed by atoms with Gasteiger partial charge in [-0.3, -0.25) is 0 Å². The molecule has 0 aliphatic rings. The first-order valence-electron chi connectivity index (χ1n) is 29.3. The van der Waals surface area contributed by atoms with E-state index < -0.39 is 270 Å². The largest absolute Gasteiger partial charge is 0.454 e. The van der Waals surface area contributed by atoms with Gasteiger partial charge in [0.05, 0.1) is 48.2 Å². The van der Waals surface area contributed by atoms with Crippen LogP contribution < -0.4 is 4.90 Å². The van der Waals surface area contributed by atoms with Crippen molar-refractivity contribution in [2.75, 3.05) is 4.90 Å². The number of rotatable bonds is 6. The fourth-order valence-electron chi connectivity index (χ4n) is 4.86. The molecule has 9 rings (SSSR count). The Kier molecular flexibility index (Phi) is 2.59. The molecule has 0 aliphatic heterocycles. The minimum Gasteiger partial charge on any atom is -0.454 e. The molecule has 0 N–H and O–H groups in total. The molecule has 2 nitrogen and oxygen atoms in total. The fourth-order valence-corrected chi connectivity index (χ4v) is 4.86. The van der Waals surface area contributed by atoms with Crippen LogP contribution in [0.5, 0.6) is 0 Å². The summed E-state index contributed by atoms with van der Waals surface area (Å²) in [7, 11) is 0. The van der Waals surface area contributed by atoms with Gasteiger partial charge >= 0.3 is 0 Å². The Morgan fingerprint density at radius 3 is 1.69 bits per heavy atom. The number of para-hydroxylation sites is 2. The fraction of sp³-hybridized carbons (Fsp3) is 0. The van der Waals surface area contributed by atoms with Gasteiger partial charge in [0.1, 0.15) is 5.58 Å². The van der Waals surface area contributed by atoms with Crippen molar-refractivity contribution in [2.45, 2.75) is 0 Å². The Balaban J connectivity index is 1.48. The third-order valence-electron chi connectivity index (χ3n) is 7.00. The predicted molar refractivity (Wildman–Crippen MR) is 202 cm³/mol. The summed E-state index contributed by atoms with van der Waals surface area (Å²) in [5, 5.41) is -2.67. The van der Waals surface area contributed by atoms with Gasteiger partial charge in [-0.15, -0.1) is 0 Å². The maximum absolute atomic E-state index is 9.66. The molecule has 0 unspecified atom stereocenters. The molecule has 1 aromatic heterocycles. The molecule has 226 valence electrons. The maximum Gasteiger partial charge on any atom is 0.159 e. The molecular weight excluding hydrogens is 583 g/mol. The molecule has 0 amide bonds. The van der Waals surface area contributed by atoms with E-state index in [2.05, 4.69) is 0 Å². The molecular formula is C46H31NO. The van der Waals surface area contributed by atoms with Crippen LogP contribution >= 0.6 is 0 Å². The second kappa shape index (κ2) is 11.8. The predicted octanol–water partition coefficient (Wildman–Crippen LogP) is 13.2. The number of hydrogen-bond donors (Lipinski definition) is 0. The smallest absolute Gasteiger partial charge is 0.159 e. The molecule has 2 heteroatoms. The van der Waals surface area contributed by atoms with Gasteiger partial charge in [0.2, 0.25) is 0 Å². The van der Waals surface area contributed by atoms with Crippen LogP contribution in [0.3, 0.4) is 0 Å². The van der Waals surface area contributed by atoms with Crippen LogP contribution in [0.25, 0.3) is 66.1 Å². The van der Waals surface area contributed by atoms with Crippen LogP contribution in [0, 0.1) is 0 Å². The number of furan rings is 1. The quantitative estimate of drug-likeness (QED) is 0.179. The maximum atomic E-state index is 9.66. The molecule has 48 heavy (non-hydrogen) atoms. The molecule has 0 spiro atoms. The molecule has 0 saturated heterocycles. The zero-order chi connectivity index (χ0) is 58.8. The van der Waals surface area contributed by atoms with Gasteiger partial charge in [-0.05, 0) is 86.5 Å². The van der Waals surface area contributed by atoms with Crippen LogP contribution in [-0.4, -0.2) is 0 Å². The topological polar surface area (TPSA) is 16.4 Å². The van der Waals surface area contributed by atoms with E-state index >= 15 is 0 Å². The number of anilines is 3. The van der Waals surface area contributed by atoms with E-state index in [4.69, 9.17) is 31.8 Å². The summed E-state index contributed by atoms with van der Waals surface area (Å²) in [6.07, 6.45) is 0. The van der Waals surface area contributed by atoms with Gasteiger partial charge < -0.3 is 9.32 Å². The van der Waals surface area contributed by atoms with E-state index in [1.165, 1.54) is 0 Å². The van der Waals surface area contributed by atoms with Crippen molar-refractivity contribution in [3.63, 3.8) is 0 Å². The lowest BCUT2D eigenvalue weighted by molar-refractivity contribution is 0.669. The van der Waals surface area contributed by atoms with Gasteiger partial charge in [0.15, 0.2) is 5.58 Å². The first kappa shape index (κ1) is 10.6. The van der Waals surface area contributed by atoms with Crippen molar-refractivity contribution in [3.05, 3.63) is 187 Å². The highest BCUT2D eigenvalue weighted by Crippen LogP contribution is 2.43. The Labute approximate surface area is 323 Å². The van der Waals surface area contributed by atoms with Gasteiger partial charge in [0, 0.05) is 22.1 Å². The Morgan fingerprint density at radius 1 is 0.396 bits per heavy atom. The van der Waals surface area contributed by atoms with Crippen LogP contribution in [0.2, 0.25) is 0 Å². The molecule has 0 saturated carbocycles. The highest BCUT2D eigenvalue weighted by molar-refractivity contribution is 6.10. The molecule has 9 aromatic rings. The summed E-state index contributed by atoms with van der Waals surface area (Å²) in [4.78, 5) is 0.377. The van der Waals surface area contributed by atoms with E-state index in [-0.39, 0.29) is 0 Å². The van der Waals surface area contributed by atoms with Gasteiger partial charge in [0.25, 0.3) is 0 Å².